The molecule has 1 aliphatic carbocycles. The van der Waals surface area contributed by atoms with E-state index in [0.717, 1.165) is 19.3 Å². The van der Waals surface area contributed by atoms with Gasteiger partial charge in [-0.2, -0.15) is 5.10 Å². The van der Waals surface area contributed by atoms with Crippen LogP contribution in [-0.2, 0) is 11.3 Å². The standard InChI is InChI=1S/C12H18N4O2/c1-3-16-10(11(13)17)9(7(2)15-16)14-12(18)8-5-4-6-8/h8H,3-6H2,1-2H3,(H2,13,17)(H,14,18). The molecule has 0 bridgehead atoms. The minimum absolute atomic E-state index is 0.0393. The molecule has 6 heteroatoms. The third-order valence-corrected chi connectivity index (χ3v) is 3.38. The predicted molar refractivity (Wildman–Crippen MR) is 67.1 cm³/mol. The zero-order chi connectivity index (χ0) is 13.3. The molecular formula is C12H18N4O2. The molecule has 0 spiro atoms. The van der Waals surface area contributed by atoms with Gasteiger partial charge in [0.05, 0.1) is 11.4 Å². The molecule has 1 aliphatic rings. The van der Waals surface area contributed by atoms with E-state index in [0.29, 0.717) is 17.9 Å². The van der Waals surface area contributed by atoms with E-state index in [4.69, 9.17) is 5.73 Å². The van der Waals surface area contributed by atoms with Crippen molar-refractivity contribution in [2.45, 2.75) is 39.7 Å². The number of nitrogens with two attached hydrogens (primary N) is 1. The number of aryl methyl sites for hydroxylation is 2. The van der Waals surface area contributed by atoms with Crippen LogP contribution in [0.3, 0.4) is 0 Å². The molecule has 0 saturated heterocycles. The summed E-state index contributed by atoms with van der Waals surface area (Å²) in [4.78, 5) is 23.4. The molecule has 3 N–H and O–H groups in total. The van der Waals surface area contributed by atoms with Gasteiger partial charge in [-0.1, -0.05) is 6.42 Å². The van der Waals surface area contributed by atoms with Gasteiger partial charge in [0.25, 0.3) is 5.91 Å². The van der Waals surface area contributed by atoms with E-state index >= 15 is 0 Å². The van der Waals surface area contributed by atoms with E-state index in [1.807, 2.05) is 6.92 Å². The van der Waals surface area contributed by atoms with Crippen molar-refractivity contribution >= 4 is 17.5 Å². The summed E-state index contributed by atoms with van der Waals surface area (Å²) in [6.07, 6.45) is 2.92. The van der Waals surface area contributed by atoms with E-state index in [9.17, 15) is 9.59 Å². The lowest BCUT2D eigenvalue weighted by molar-refractivity contribution is -0.122. The van der Waals surface area contributed by atoms with Gasteiger partial charge < -0.3 is 11.1 Å². The second kappa shape index (κ2) is 4.80. The molecule has 0 unspecified atom stereocenters. The summed E-state index contributed by atoms with van der Waals surface area (Å²) in [5, 5.41) is 7.00. The summed E-state index contributed by atoms with van der Waals surface area (Å²) in [5.74, 6) is -0.543. The summed E-state index contributed by atoms with van der Waals surface area (Å²) < 4.78 is 1.52. The van der Waals surface area contributed by atoms with Crippen LogP contribution in [0.1, 0.15) is 42.4 Å². The minimum atomic E-state index is -0.568. The van der Waals surface area contributed by atoms with Gasteiger partial charge >= 0.3 is 0 Å². The van der Waals surface area contributed by atoms with Gasteiger partial charge in [0, 0.05) is 12.5 Å². The van der Waals surface area contributed by atoms with Crippen molar-refractivity contribution in [2.75, 3.05) is 5.32 Å². The predicted octanol–water partition coefficient (Wildman–Crippen LogP) is 1.05. The topological polar surface area (TPSA) is 90.0 Å². The highest BCUT2D eigenvalue weighted by molar-refractivity contribution is 6.03. The van der Waals surface area contributed by atoms with E-state index in [-0.39, 0.29) is 17.5 Å². The van der Waals surface area contributed by atoms with Crippen molar-refractivity contribution in [3.63, 3.8) is 0 Å². The van der Waals surface area contributed by atoms with Gasteiger partial charge in [0.1, 0.15) is 5.69 Å². The number of amides is 2. The van der Waals surface area contributed by atoms with Crippen molar-refractivity contribution in [2.24, 2.45) is 11.7 Å². The Morgan fingerprint density at radius 2 is 2.17 bits per heavy atom. The Labute approximate surface area is 106 Å². The number of hydrogen-bond acceptors (Lipinski definition) is 3. The maximum atomic E-state index is 11.9. The lowest BCUT2D eigenvalue weighted by Gasteiger charge is -2.24. The fourth-order valence-corrected chi connectivity index (χ4v) is 2.11. The third-order valence-electron chi connectivity index (χ3n) is 3.38. The largest absolute Gasteiger partial charge is 0.364 e. The highest BCUT2D eigenvalue weighted by Gasteiger charge is 2.28. The molecule has 0 aromatic carbocycles. The lowest BCUT2D eigenvalue weighted by atomic mass is 9.85. The van der Waals surface area contributed by atoms with Crippen molar-refractivity contribution in [1.29, 1.82) is 0 Å². The first-order valence-electron chi connectivity index (χ1n) is 6.22. The Balaban J connectivity index is 2.28. The van der Waals surface area contributed by atoms with Crippen LogP contribution in [0.4, 0.5) is 5.69 Å². The molecule has 98 valence electrons. The molecule has 0 radical (unpaired) electrons. The second-order valence-corrected chi connectivity index (χ2v) is 4.61. The molecule has 2 amide bonds. The van der Waals surface area contributed by atoms with Crippen LogP contribution < -0.4 is 11.1 Å². The first kappa shape index (κ1) is 12.6. The monoisotopic (exact) mass is 250 g/mol. The highest BCUT2D eigenvalue weighted by atomic mass is 16.2. The fraction of sp³-hybridized carbons (Fsp3) is 0.583. The lowest BCUT2D eigenvalue weighted by Crippen LogP contribution is -2.29. The average Bonchev–Trinajstić information content (AvgIpc) is 2.53. The molecule has 1 heterocycles. The number of carbonyl (C=O) groups excluding carboxylic acids is 2. The van der Waals surface area contributed by atoms with Crippen molar-refractivity contribution < 1.29 is 9.59 Å². The van der Waals surface area contributed by atoms with Crippen LogP contribution in [0.25, 0.3) is 0 Å². The molecule has 6 nitrogen and oxygen atoms in total. The third kappa shape index (κ3) is 2.10. The van der Waals surface area contributed by atoms with Crippen molar-refractivity contribution in [1.82, 2.24) is 9.78 Å². The zero-order valence-corrected chi connectivity index (χ0v) is 10.7. The van der Waals surface area contributed by atoms with Crippen molar-refractivity contribution in [3.05, 3.63) is 11.4 Å². The van der Waals surface area contributed by atoms with Gasteiger partial charge in [-0.15, -0.1) is 0 Å². The molecule has 1 aromatic heterocycles. The summed E-state index contributed by atoms with van der Waals surface area (Å²) in [7, 11) is 0. The molecule has 1 saturated carbocycles. The van der Waals surface area contributed by atoms with Crippen LogP contribution in [0.5, 0.6) is 0 Å². The molecule has 2 rings (SSSR count). The molecule has 1 aromatic rings. The van der Waals surface area contributed by atoms with E-state index < -0.39 is 5.91 Å². The zero-order valence-electron chi connectivity index (χ0n) is 10.7. The number of anilines is 1. The molecule has 0 aliphatic heterocycles. The second-order valence-electron chi connectivity index (χ2n) is 4.61. The van der Waals surface area contributed by atoms with E-state index in [1.165, 1.54) is 4.68 Å². The number of rotatable bonds is 4. The molecule has 0 atom stereocenters. The van der Waals surface area contributed by atoms with Gasteiger partial charge in [0.2, 0.25) is 5.91 Å². The smallest absolute Gasteiger partial charge is 0.269 e. The number of aromatic nitrogens is 2. The number of nitrogens with one attached hydrogen (secondary N) is 1. The van der Waals surface area contributed by atoms with Crippen LogP contribution in [0.2, 0.25) is 0 Å². The Kier molecular flexibility index (Phi) is 3.36. The number of nitrogens with zero attached hydrogens (tertiary/aromatic N) is 2. The van der Waals surface area contributed by atoms with Crippen LogP contribution in [0, 0.1) is 12.8 Å². The van der Waals surface area contributed by atoms with Crippen LogP contribution in [-0.4, -0.2) is 21.6 Å². The van der Waals surface area contributed by atoms with Crippen molar-refractivity contribution in [3.8, 4) is 0 Å². The minimum Gasteiger partial charge on any atom is -0.364 e. The summed E-state index contributed by atoms with van der Waals surface area (Å²) in [5.41, 5.74) is 6.71. The SMILES string of the molecule is CCn1nc(C)c(NC(=O)C2CCC2)c1C(N)=O. The molecule has 1 fully saturated rings. The Morgan fingerprint density at radius 3 is 2.61 bits per heavy atom. The number of primary amides is 1. The number of hydrogen-bond donors (Lipinski definition) is 2. The first-order chi connectivity index (χ1) is 8.54. The molecule has 18 heavy (non-hydrogen) atoms. The highest BCUT2D eigenvalue weighted by Crippen LogP contribution is 2.29. The van der Waals surface area contributed by atoms with Gasteiger partial charge in [0.15, 0.2) is 0 Å². The normalized spacial score (nSPS) is 15.2. The van der Waals surface area contributed by atoms with Crippen LogP contribution in [0.15, 0.2) is 0 Å². The Bertz CT molecular complexity index is 489. The summed E-state index contributed by atoms with van der Waals surface area (Å²) in [6.45, 7) is 4.17. The summed E-state index contributed by atoms with van der Waals surface area (Å²) >= 11 is 0. The first-order valence-corrected chi connectivity index (χ1v) is 6.22. The van der Waals surface area contributed by atoms with Gasteiger partial charge in [-0.3, -0.25) is 14.3 Å². The maximum absolute atomic E-state index is 11.9. The van der Waals surface area contributed by atoms with E-state index in [1.54, 1.807) is 6.92 Å². The van der Waals surface area contributed by atoms with Gasteiger partial charge in [-0.05, 0) is 26.7 Å². The van der Waals surface area contributed by atoms with E-state index in [2.05, 4.69) is 10.4 Å². The van der Waals surface area contributed by atoms with Crippen LogP contribution >= 0.6 is 0 Å². The molecular weight excluding hydrogens is 232 g/mol. The maximum Gasteiger partial charge on any atom is 0.269 e. The Hall–Kier alpha value is -1.85. The number of carbonyl (C=O) groups is 2. The average molecular weight is 250 g/mol. The Morgan fingerprint density at radius 1 is 1.50 bits per heavy atom. The quantitative estimate of drug-likeness (QED) is 0.836. The summed E-state index contributed by atoms with van der Waals surface area (Å²) in [6, 6.07) is 0. The fourth-order valence-electron chi connectivity index (χ4n) is 2.11. The van der Waals surface area contributed by atoms with Gasteiger partial charge in [-0.25, -0.2) is 0 Å².